The van der Waals surface area contributed by atoms with E-state index in [4.69, 9.17) is 0 Å². The quantitative estimate of drug-likeness (QED) is 0.861. The van der Waals surface area contributed by atoms with E-state index >= 15 is 0 Å². The van der Waals surface area contributed by atoms with Crippen molar-refractivity contribution in [1.29, 1.82) is 0 Å². The van der Waals surface area contributed by atoms with Gasteiger partial charge in [-0.05, 0) is 50.6 Å². The summed E-state index contributed by atoms with van der Waals surface area (Å²) in [6.45, 7) is 5.73. The van der Waals surface area contributed by atoms with E-state index in [0.717, 1.165) is 11.1 Å². The second kappa shape index (κ2) is 7.70. The number of nitrogens with one attached hydrogen (secondary N) is 1. The van der Waals surface area contributed by atoms with Crippen molar-refractivity contribution in [3.63, 3.8) is 0 Å². The van der Waals surface area contributed by atoms with Crippen molar-refractivity contribution in [3.8, 4) is 0 Å². The SMILES string of the molecule is Cc1ccc(S(=O)(=O)N(C)c2ccc(CC(=O)NC(C)C)cc2)cc1. The predicted octanol–water partition coefficient (Wildman–Crippen LogP) is 2.89. The number of anilines is 1. The van der Waals surface area contributed by atoms with Gasteiger partial charge >= 0.3 is 0 Å². The fourth-order valence-corrected chi connectivity index (χ4v) is 3.58. The molecule has 2 aromatic carbocycles. The lowest BCUT2D eigenvalue weighted by Gasteiger charge is -2.20. The fraction of sp³-hybridized carbons (Fsp3) is 0.316. The van der Waals surface area contributed by atoms with E-state index in [0.29, 0.717) is 5.69 Å². The third kappa shape index (κ3) is 4.82. The van der Waals surface area contributed by atoms with Gasteiger partial charge in [-0.15, -0.1) is 0 Å². The first-order valence-electron chi connectivity index (χ1n) is 8.14. The number of sulfonamides is 1. The predicted molar refractivity (Wildman–Crippen MR) is 100 cm³/mol. The number of hydrogen-bond donors (Lipinski definition) is 1. The molecule has 0 saturated heterocycles. The van der Waals surface area contributed by atoms with Crippen molar-refractivity contribution in [1.82, 2.24) is 5.32 Å². The number of rotatable bonds is 6. The first-order valence-corrected chi connectivity index (χ1v) is 9.58. The average molecular weight is 360 g/mol. The minimum atomic E-state index is -3.61. The maximum absolute atomic E-state index is 12.7. The Labute approximate surface area is 149 Å². The smallest absolute Gasteiger partial charge is 0.264 e. The van der Waals surface area contributed by atoms with Gasteiger partial charge in [0.15, 0.2) is 0 Å². The van der Waals surface area contributed by atoms with Gasteiger partial charge in [0.2, 0.25) is 5.91 Å². The molecule has 0 atom stereocenters. The Morgan fingerprint density at radius 2 is 1.60 bits per heavy atom. The molecule has 0 saturated carbocycles. The van der Waals surface area contributed by atoms with E-state index in [1.165, 1.54) is 11.4 Å². The molecule has 0 heterocycles. The number of carbonyl (C=O) groups excluding carboxylic acids is 1. The monoisotopic (exact) mass is 360 g/mol. The third-order valence-electron chi connectivity index (χ3n) is 3.79. The van der Waals surface area contributed by atoms with Crippen molar-refractivity contribution in [2.24, 2.45) is 0 Å². The van der Waals surface area contributed by atoms with Crippen LogP contribution in [0.2, 0.25) is 0 Å². The summed E-state index contributed by atoms with van der Waals surface area (Å²) in [5, 5.41) is 2.83. The molecule has 5 nitrogen and oxygen atoms in total. The molecule has 0 radical (unpaired) electrons. The van der Waals surface area contributed by atoms with Crippen LogP contribution in [0.3, 0.4) is 0 Å². The molecule has 0 aromatic heterocycles. The molecule has 0 aliphatic carbocycles. The van der Waals surface area contributed by atoms with Gasteiger partial charge < -0.3 is 5.32 Å². The number of aryl methyl sites for hydroxylation is 1. The normalized spacial score (nSPS) is 11.4. The molecule has 2 rings (SSSR count). The summed E-state index contributed by atoms with van der Waals surface area (Å²) < 4.78 is 26.6. The van der Waals surface area contributed by atoms with E-state index < -0.39 is 10.0 Å². The summed E-state index contributed by atoms with van der Waals surface area (Å²) in [5.74, 6) is -0.0524. The second-order valence-electron chi connectivity index (χ2n) is 6.35. The van der Waals surface area contributed by atoms with Crippen molar-refractivity contribution < 1.29 is 13.2 Å². The average Bonchev–Trinajstić information content (AvgIpc) is 2.54. The van der Waals surface area contributed by atoms with Crippen LogP contribution in [0.1, 0.15) is 25.0 Å². The number of amides is 1. The zero-order valence-corrected chi connectivity index (χ0v) is 15.8. The number of benzene rings is 2. The van der Waals surface area contributed by atoms with Gasteiger partial charge in [-0.1, -0.05) is 29.8 Å². The lowest BCUT2D eigenvalue weighted by atomic mass is 10.1. The number of nitrogens with zero attached hydrogens (tertiary/aromatic N) is 1. The summed E-state index contributed by atoms with van der Waals surface area (Å²) >= 11 is 0. The van der Waals surface area contributed by atoms with Crippen LogP contribution in [0.5, 0.6) is 0 Å². The first kappa shape index (κ1) is 19.0. The van der Waals surface area contributed by atoms with Gasteiger partial charge in [0.1, 0.15) is 0 Å². The fourth-order valence-electron chi connectivity index (χ4n) is 2.39. The van der Waals surface area contributed by atoms with Crippen molar-refractivity contribution in [2.45, 2.75) is 38.1 Å². The van der Waals surface area contributed by atoms with Crippen LogP contribution in [-0.2, 0) is 21.2 Å². The van der Waals surface area contributed by atoms with E-state index in [9.17, 15) is 13.2 Å². The molecule has 0 spiro atoms. The van der Waals surface area contributed by atoms with Crippen LogP contribution in [0, 0.1) is 6.92 Å². The topological polar surface area (TPSA) is 66.5 Å². The van der Waals surface area contributed by atoms with Gasteiger partial charge in [0.05, 0.1) is 17.0 Å². The Balaban J connectivity index is 2.15. The van der Waals surface area contributed by atoms with E-state index in [-0.39, 0.29) is 23.3 Å². The van der Waals surface area contributed by atoms with E-state index in [2.05, 4.69) is 5.32 Å². The van der Waals surface area contributed by atoms with Crippen LogP contribution in [0.15, 0.2) is 53.4 Å². The standard InChI is InChI=1S/C19H24N2O3S/c1-14(2)20-19(22)13-16-7-9-17(10-8-16)21(4)25(23,24)18-11-5-15(3)6-12-18/h5-12,14H,13H2,1-4H3,(H,20,22). The summed E-state index contributed by atoms with van der Waals surface area (Å²) in [4.78, 5) is 12.0. The summed E-state index contributed by atoms with van der Waals surface area (Å²) in [7, 11) is -2.08. The highest BCUT2D eigenvalue weighted by atomic mass is 32.2. The minimum Gasteiger partial charge on any atom is -0.354 e. The van der Waals surface area contributed by atoms with E-state index in [1.54, 1.807) is 48.5 Å². The Morgan fingerprint density at radius 1 is 1.04 bits per heavy atom. The largest absolute Gasteiger partial charge is 0.354 e. The Hall–Kier alpha value is -2.34. The Bertz CT molecular complexity index is 826. The zero-order chi connectivity index (χ0) is 18.6. The Morgan fingerprint density at radius 3 is 2.12 bits per heavy atom. The highest BCUT2D eigenvalue weighted by Gasteiger charge is 2.21. The molecule has 0 aliphatic rings. The molecule has 0 bridgehead atoms. The second-order valence-corrected chi connectivity index (χ2v) is 8.32. The molecule has 0 aliphatic heterocycles. The lowest BCUT2D eigenvalue weighted by Crippen LogP contribution is -2.31. The van der Waals surface area contributed by atoms with Gasteiger partial charge in [-0.2, -0.15) is 0 Å². The molecular formula is C19H24N2O3S. The van der Waals surface area contributed by atoms with Crippen LogP contribution >= 0.6 is 0 Å². The minimum absolute atomic E-state index is 0.0524. The molecular weight excluding hydrogens is 336 g/mol. The zero-order valence-electron chi connectivity index (χ0n) is 15.0. The van der Waals surface area contributed by atoms with Gasteiger partial charge in [0.25, 0.3) is 10.0 Å². The van der Waals surface area contributed by atoms with Crippen LogP contribution < -0.4 is 9.62 Å². The highest BCUT2D eigenvalue weighted by Crippen LogP contribution is 2.22. The highest BCUT2D eigenvalue weighted by molar-refractivity contribution is 7.92. The van der Waals surface area contributed by atoms with Crippen LogP contribution in [-0.4, -0.2) is 27.4 Å². The molecule has 25 heavy (non-hydrogen) atoms. The molecule has 1 N–H and O–H groups in total. The van der Waals surface area contributed by atoms with E-state index in [1.807, 2.05) is 20.8 Å². The van der Waals surface area contributed by atoms with Gasteiger partial charge in [-0.25, -0.2) is 8.42 Å². The maximum Gasteiger partial charge on any atom is 0.264 e. The molecule has 134 valence electrons. The molecule has 1 amide bonds. The lowest BCUT2D eigenvalue weighted by molar-refractivity contribution is -0.120. The third-order valence-corrected chi connectivity index (χ3v) is 5.59. The van der Waals surface area contributed by atoms with Gasteiger partial charge in [0, 0.05) is 13.1 Å². The van der Waals surface area contributed by atoms with Crippen LogP contribution in [0.25, 0.3) is 0 Å². The molecule has 0 fully saturated rings. The van der Waals surface area contributed by atoms with Crippen molar-refractivity contribution >= 4 is 21.6 Å². The molecule has 6 heteroatoms. The van der Waals surface area contributed by atoms with Gasteiger partial charge in [-0.3, -0.25) is 9.10 Å². The molecule has 0 unspecified atom stereocenters. The van der Waals surface area contributed by atoms with Crippen molar-refractivity contribution in [3.05, 3.63) is 59.7 Å². The maximum atomic E-state index is 12.7. The number of hydrogen-bond acceptors (Lipinski definition) is 3. The summed E-state index contributed by atoms with van der Waals surface area (Å²) in [5.41, 5.74) is 2.39. The Kier molecular flexibility index (Phi) is 5.85. The summed E-state index contributed by atoms with van der Waals surface area (Å²) in [6, 6.07) is 13.8. The van der Waals surface area contributed by atoms with Crippen LogP contribution in [0.4, 0.5) is 5.69 Å². The van der Waals surface area contributed by atoms with Crippen molar-refractivity contribution in [2.75, 3.05) is 11.4 Å². The first-order chi connectivity index (χ1) is 11.7. The molecule has 2 aromatic rings. The number of carbonyl (C=O) groups is 1. The summed E-state index contributed by atoms with van der Waals surface area (Å²) in [6.07, 6.45) is 0.271.